The quantitative estimate of drug-likeness (QED) is 0.443. The maximum absolute atomic E-state index is 6.44. The van der Waals surface area contributed by atoms with E-state index in [9.17, 15) is 0 Å². The lowest BCUT2D eigenvalue weighted by atomic mass is 9.76. The Balaban J connectivity index is 1.38. The second kappa shape index (κ2) is 10.6. The molecule has 0 N–H and O–H groups in total. The molecule has 0 radical (unpaired) electrons. The molecule has 2 aromatic rings. The van der Waals surface area contributed by atoms with E-state index < -0.39 is 0 Å². The summed E-state index contributed by atoms with van der Waals surface area (Å²) in [6.45, 7) is 9.45. The molecule has 0 bridgehead atoms. The van der Waals surface area contributed by atoms with Gasteiger partial charge in [-0.15, -0.1) is 0 Å². The number of hydrogen-bond donors (Lipinski definition) is 0. The van der Waals surface area contributed by atoms with E-state index in [2.05, 4.69) is 49.1 Å². The molecule has 3 atom stereocenters. The van der Waals surface area contributed by atoms with Crippen molar-refractivity contribution in [3.8, 4) is 5.75 Å². The summed E-state index contributed by atoms with van der Waals surface area (Å²) in [6.07, 6.45) is 3.82. The zero-order valence-electron chi connectivity index (χ0n) is 18.5. The molecule has 3 nitrogen and oxygen atoms in total. The van der Waals surface area contributed by atoms with Gasteiger partial charge in [0.2, 0.25) is 0 Å². The van der Waals surface area contributed by atoms with Crippen molar-refractivity contribution in [3.63, 3.8) is 0 Å². The van der Waals surface area contributed by atoms with Gasteiger partial charge in [0.25, 0.3) is 0 Å². The summed E-state index contributed by atoms with van der Waals surface area (Å²) in [5, 5.41) is 1.21. The smallest absolute Gasteiger partial charge is 0.119 e. The van der Waals surface area contributed by atoms with Crippen LogP contribution in [0.15, 0.2) is 42.5 Å². The molecule has 2 aromatic carbocycles. The van der Waals surface area contributed by atoms with Crippen LogP contribution in [0, 0.1) is 11.8 Å². The van der Waals surface area contributed by atoms with E-state index in [1.807, 2.05) is 12.1 Å². The number of likely N-dealkylation sites (tertiary alicyclic amines) is 1. The minimum Gasteiger partial charge on any atom is -0.492 e. The normalized spacial score (nSPS) is 24.6. The Bertz CT molecular complexity index is 849. The highest BCUT2D eigenvalue weighted by Crippen LogP contribution is 2.44. The monoisotopic (exact) mass is 461 g/mol. The summed E-state index contributed by atoms with van der Waals surface area (Å²) >= 11 is 12.4. The molecular weight excluding hydrogens is 429 g/mol. The Kier molecular flexibility index (Phi) is 7.81. The number of ether oxygens (including phenoxy) is 2. The third-order valence-corrected chi connectivity index (χ3v) is 7.52. The van der Waals surface area contributed by atoms with Crippen molar-refractivity contribution < 1.29 is 9.47 Å². The Morgan fingerprint density at radius 3 is 2.39 bits per heavy atom. The van der Waals surface area contributed by atoms with Crippen molar-refractivity contribution in [2.24, 2.45) is 11.8 Å². The molecule has 2 aliphatic heterocycles. The number of benzene rings is 2. The lowest BCUT2D eigenvalue weighted by Gasteiger charge is -2.39. The molecular formula is C26H33Cl2NO2. The number of hydrogen-bond acceptors (Lipinski definition) is 3. The zero-order valence-corrected chi connectivity index (χ0v) is 20.0. The fourth-order valence-corrected chi connectivity index (χ4v) is 5.19. The van der Waals surface area contributed by atoms with Crippen LogP contribution in [0.25, 0.3) is 0 Å². The van der Waals surface area contributed by atoms with E-state index in [0.717, 1.165) is 25.3 Å². The van der Waals surface area contributed by atoms with Gasteiger partial charge in [-0.2, -0.15) is 0 Å². The fourth-order valence-electron chi connectivity index (χ4n) is 4.88. The van der Waals surface area contributed by atoms with Crippen molar-refractivity contribution in [2.45, 2.75) is 45.1 Å². The maximum atomic E-state index is 6.44. The van der Waals surface area contributed by atoms with Crippen LogP contribution in [0.1, 0.15) is 56.3 Å². The van der Waals surface area contributed by atoms with Crippen LogP contribution in [0.5, 0.6) is 5.75 Å². The predicted molar refractivity (Wildman–Crippen MR) is 128 cm³/mol. The molecule has 0 aliphatic carbocycles. The molecule has 5 heteroatoms. The van der Waals surface area contributed by atoms with Crippen molar-refractivity contribution in [1.82, 2.24) is 4.90 Å². The lowest BCUT2D eigenvalue weighted by molar-refractivity contribution is -0.0552. The first kappa shape index (κ1) is 22.9. The summed E-state index contributed by atoms with van der Waals surface area (Å²) < 4.78 is 12.4. The Morgan fingerprint density at radius 1 is 1.00 bits per heavy atom. The van der Waals surface area contributed by atoms with Crippen molar-refractivity contribution >= 4 is 23.2 Å². The molecule has 31 heavy (non-hydrogen) atoms. The largest absolute Gasteiger partial charge is 0.492 e. The van der Waals surface area contributed by atoms with Crippen molar-refractivity contribution in [2.75, 3.05) is 32.8 Å². The van der Waals surface area contributed by atoms with Gasteiger partial charge in [-0.25, -0.2) is 0 Å². The summed E-state index contributed by atoms with van der Waals surface area (Å²) in [6, 6.07) is 14.5. The number of halogens is 2. The summed E-state index contributed by atoms with van der Waals surface area (Å²) in [5.74, 6) is 2.24. The third-order valence-electron chi connectivity index (χ3n) is 6.78. The van der Waals surface area contributed by atoms with E-state index in [1.165, 1.54) is 37.1 Å². The average Bonchev–Trinajstić information content (AvgIpc) is 3.29. The Labute approximate surface area is 196 Å². The first-order chi connectivity index (χ1) is 15.0. The fraction of sp³-hybridized carbons (Fsp3) is 0.538. The lowest BCUT2D eigenvalue weighted by Crippen LogP contribution is -2.31. The maximum Gasteiger partial charge on any atom is 0.119 e. The van der Waals surface area contributed by atoms with Crippen molar-refractivity contribution in [3.05, 3.63) is 63.6 Å². The van der Waals surface area contributed by atoms with Gasteiger partial charge < -0.3 is 9.47 Å². The molecule has 2 fully saturated rings. The molecule has 2 heterocycles. The average molecular weight is 462 g/mol. The minimum absolute atomic E-state index is 0.109. The van der Waals surface area contributed by atoms with Crippen LogP contribution in [-0.2, 0) is 4.74 Å². The molecule has 0 saturated carbocycles. The van der Waals surface area contributed by atoms with Crippen molar-refractivity contribution in [1.29, 1.82) is 0 Å². The van der Waals surface area contributed by atoms with E-state index in [0.29, 0.717) is 34.4 Å². The van der Waals surface area contributed by atoms with Crippen LogP contribution in [0.3, 0.4) is 0 Å². The third kappa shape index (κ3) is 5.76. The molecule has 0 amide bonds. The summed E-state index contributed by atoms with van der Waals surface area (Å²) in [5.41, 5.74) is 2.44. The Hall–Kier alpha value is -1.26. The van der Waals surface area contributed by atoms with Crippen LogP contribution in [0.2, 0.25) is 10.0 Å². The van der Waals surface area contributed by atoms with Gasteiger partial charge in [-0.1, -0.05) is 55.2 Å². The summed E-state index contributed by atoms with van der Waals surface area (Å²) in [7, 11) is 0. The molecule has 0 unspecified atom stereocenters. The number of nitrogens with zero attached hydrogens (tertiary/aromatic N) is 1. The predicted octanol–water partition coefficient (Wildman–Crippen LogP) is 6.99. The van der Waals surface area contributed by atoms with E-state index in [4.69, 9.17) is 32.7 Å². The zero-order chi connectivity index (χ0) is 21.8. The Morgan fingerprint density at radius 2 is 1.71 bits per heavy atom. The van der Waals surface area contributed by atoms with Gasteiger partial charge in [-0.3, -0.25) is 4.90 Å². The van der Waals surface area contributed by atoms with Crippen LogP contribution >= 0.6 is 23.2 Å². The SMILES string of the molecule is CC(C)[C@@H]1C[C@H](c2ccc(Cl)c(Cl)c2)CO[C@H]1c1ccc(OCCN2CCCC2)cc1. The highest BCUT2D eigenvalue weighted by Gasteiger charge is 2.35. The molecule has 0 aromatic heterocycles. The van der Waals surface area contributed by atoms with Gasteiger partial charge in [-0.05, 0) is 79.6 Å². The van der Waals surface area contributed by atoms with Gasteiger partial charge >= 0.3 is 0 Å². The van der Waals surface area contributed by atoms with Gasteiger partial charge in [0.15, 0.2) is 0 Å². The molecule has 2 saturated heterocycles. The van der Waals surface area contributed by atoms with Gasteiger partial charge in [0.05, 0.1) is 22.8 Å². The van der Waals surface area contributed by atoms with Gasteiger partial charge in [0, 0.05) is 12.5 Å². The number of rotatable bonds is 7. The molecule has 2 aliphatic rings. The second-order valence-corrected chi connectivity index (χ2v) is 10.0. The van der Waals surface area contributed by atoms with Crippen LogP contribution in [0.4, 0.5) is 0 Å². The first-order valence-corrected chi connectivity index (χ1v) is 12.3. The standard InChI is InChI=1S/C26H33Cl2NO2/c1-18(2)23-15-21(20-7-10-24(27)25(28)16-20)17-31-26(23)19-5-8-22(9-6-19)30-14-13-29-11-3-4-12-29/h5-10,16,18,21,23,26H,3-4,11-15,17H2,1-2H3/t21-,23-,26-/m0/s1. The van der Waals surface area contributed by atoms with E-state index >= 15 is 0 Å². The van der Waals surface area contributed by atoms with E-state index in [1.54, 1.807) is 0 Å². The first-order valence-electron chi connectivity index (χ1n) is 11.5. The van der Waals surface area contributed by atoms with Crippen LogP contribution < -0.4 is 4.74 Å². The minimum atomic E-state index is 0.109. The molecule has 0 spiro atoms. The molecule has 4 rings (SSSR count). The van der Waals surface area contributed by atoms with Gasteiger partial charge in [0.1, 0.15) is 12.4 Å². The highest BCUT2D eigenvalue weighted by molar-refractivity contribution is 6.42. The highest BCUT2D eigenvalue weighted by atomic mass is 35.5. The second-order valence-electron chi connectivity index (χ2n) is 9.23. The summed E-state index contributed by atoms with van der Waals surface area (Å²) in [4.78, 5) is 2.47. The topological polar surface area (TPSA) is 21.7 Å². The van der Waals surface area contributed by atoms with E-state index in [-0.39, 0.29) is 6.10 Å². The molecule has 168 valence electrons. The van der Waals surface area contributed by atoms with Crippen LogP contribution in [-0.4, -0.2) is 37.7 Å².